The summed E-state index contributed by atoms with van der Waals surface area (Å²) in [5, 5.41) is 0. The molecule has 2 N–H and O–H groups in total. The molecule has 2 aromatic carbocycles. The van der Waals surface area contributed by atoms with Gasteiger partial charge in [0.05, 0.1) is 6.04 Å². The highest BCUT2D eigenvalue weighted by Gasteiger charge is 2.59. The molecule has 0 bridgehead atoms. The van der Waals surface area contributed by atoms with Crippen LogP contribution >= 0.6 is 0 Å². The minimum atomic E-state index is -0.502. The predicted molar refractivity (Wildman–Crippen MR) is 112 cm³/mol. The van der Waals surface area contributed by atoms with E-state index in [9.17, 15) is 4.79 Å². The van der Waals surface area contributed by atoms with Crippen LogP contribution in [0.15, 0.2) is 54.6 Å². The number of carbonyl (C=O) groups excluding carboxylic acids is 1. The van der Waals surface area contributed by atoms with Crippen molar-refractivity contribution >= 4 is 6.09 Å². The first kappa shape index (κ1) is 19.0. The highest BCUT2D eigenvalue weighted by molar-refractivity contribution is 5.70. The average Bonchev–Trinajstić information content (AvgIpc) is 3.39. The van der Waals surface area contributed by atoms with Gasteiger partial charge >= 0.3 is 6.09 Å². The van der Waals surface area contributed by atoms with Gasteiger partial charge in [0.1, 0.15) is 5.60 Å². The zero-order valence-electron chi connectivity index (χ0n) is 17.0. The van der Waals surface area contributed by atoms with Crippen molar-refractivity contribution in [1.82, 2.24) is 4.90 Å². The van der Waals surface area contributed by atoms with E-state index in [2.05, 4.69) is 48.5 Å². The minimum Gasteiger partial charge on any atom is -0.444 e. The molecular weight excluding hydrogens is 348 g/mol. The van der Waals surface area contributed by atoms with Crippen LogP contribution in [-0.2, 0) is 11.2 Å². The summed E-state index contributed by atoms with van der Waals surface area (Å²) >= 11 is 0. The van der Waals surface area contributed by atoms with E-state index in [1.165, 1.54) is 16.7 Å². The van der Waals surface area contributed by atoms with Crippen molar-refractivity contribution in [3.63, 3.8) is 0 Å². The maximum atomic E-state index is 12.9. The van der Waals surface area contributed by atoms with Gasteiger partial charge in [-0.2, -0.15) is 0 Å². The fourth-order valence-corrected chi connectivity index (χ4v) is 4.32. The lowest BCUT2D eigenvalue weighted by atomic mass is 9.92. The second-order valence-electron chi connectivity index (χ2n) is 9.33. The molecule has 1 saturated heterocycles. The first-order valence-corrected chi connectivity index (χ1v) is 10.2. The predicted octanol–water partition coefficient (Wildman–Crippen LogP) is 4.62. The van der Waals surface area contributed by atoms with Crippen LogP contribution in [0.5, 0.6) is 0 Å². The zero-order valence-corrected chi connectivity index (χ0v) is 17.0. The Morgan fingerprint density at radius 2 is 1.79 bits per heavy atom. The van der Waals surface area contributed by atoms with E-state index in [4.69, 9.17) is 10.5 Å². The molecule has 148 valence electrons. The van der Waals surface area contributed by atoms with E-state index in [1.807, 2.05) is 31.7 Å². The Labute approximate surface area is 167 Å². The van der Waals surface area contributed by atoms with Crippen molar-refractivity contribution in [2.75, 3.05) is 6.54 Å². The topological polar surface area (TPSA) is 55.6 Å². The molecule has 4 nitrogen and oxygen atoms in total. The lowest BCUT2D eigenvalue weighted by Crippen LogP contribution is -2.46. The average molecular weight is 379 g/mol. The molecule has 1 saturated carbocycles. The van der Waals surface area contributed by atoms with Crippen LogP contribution < -0.4 is 5.73 Å². The van der Waals surface area contributed by atoms with Gasteiger partial charge in [-0.25, -0.2) is 4.79 Å². The molecule has 0 aromatic heterocycles. The number of hydrogen-bond acceptors (Lipinski definition) is 3. The fraction of sp³-hybridized carbons (Fsp3) is 0.458. The van der Waals surface area contributed by atoms with Gasteiger partial charge in [-0.15, -0.1) is 0 Å². The van der Waals surface area contributed by atoms with Crippen molar-refractivity contribution in [2.24, 2.45) is 11.1 Å². The molecule has 2 aromatic rings. The van der Waals surface area contributed by atoms with Crippen LogP contribution in [0.3, 0.4) is 0 Å². The van der Waals surface area contributed by atoms with Crippen LogP contribution in [0.25, 0.3) is 11.1 Å². The second-order valence-corrected chi connectivity index (χ2v) is 9.33. The summed E-state index contributed by atoms with van der Waals surface area (Å²) in [6.07, 6.45) is 2.72. The third-order valence-electron chi connectivity index (χ3n) is 6.01. The molecule has 4 rings (SSSR count). The van der Waals surface area contributed by atoms with Crippen molar-refractivity contribution in [3.05, 3.63) is 60.2 Å². The number of rotatable bonds is 3. The monoisotopic (exact) mass is 378 g/mol. The molecule has 2 unspecified atom stereocenters. The van der Waals surface area contributed by atoms with Crippen molar-refractivity contribution in [1.29, 1.82) is 0 Å². The number of nitrogens with two attached hydrogens (primary N) is 1. The zero-order chi connectivity index (χ0) is 19.9. The Bertz CT molecular complexity index is 852. The van der Waals surface area contributed by atoms with E-state index < -0.39 is 5.60 Å². The largest absolute Gasteiger partial charge is 0.444 e. The second kappa shape index (κ2) is 6.93. The Kier molecular flexibility index (Phi) is 4.70. The number of amides is 1. The summed E-state index contributed by atoms with van der Waals surface area (Å²) in [6, 6.07) is 18.9. The maximum Gasteiger partial charge on any atom is 0.410 e. The Morgan fingerprint density at radius 3 is 2.43 bits per heavy atom. The molecule has 28 heavy (non-hydrogen) atoms. The van der Waals surface area contributed by atoms with Crippen LogP contribution in [0.4, 0.5) is 4.79 Å². The molecule has 0 radical (unpaired) electrons. The molecule has 2 aliphatic rings. The van der Waals surface area contributed by atoms with Gasteiger partial charge in [0.15, 0.2) is 0 Å². The number of benzene rings is 2. The summed E-state index contributed by atoms with van der Waals surface area (Å²) in [6.45, 7) is 6.44. The van der Waals surface area contributed by atoms with Gasteiger partial charge in [-0.1, -0.05) is 54.6 Å². The highest BCUT2D eigenvalue weighted by atomic mass is 16.6. The van der Waals surface area contributed by atoms with Gasteiger partial charge in [-0.05, 0) is 56.7 Å². The lowest BCUT2D eigenvalue weighted by molar-refractivity contribution is 0.0215. The first-order valence-electron chi connectivity index (χ1n) is 10.2. The molecule has 1 aliphatic carbocycles. The maximum absolute atomic E-state index is 12.9. The number of ether oxygens (including phenoxy) is 1. The summed E-state index contributed by atoms with van der Waals surface area (Å²) in [4.78, 5) is 14.7. The van der Waals surface area contributed by atoms with E-state index in [0.29, 0.717) is 6.54 Å². The van der Waals surface area contributed by atoms with Crippen molar-refractivity contribution < 1.29 is 9.53 Å². The number of hydrogen-bond donors (Lipinski definition) is 1. The Hall–Kier alpha value is -2.33. The lowest BCUT2D eigenvalue weighted by Gasteiger charge is -2.30. The van der Waals surface area contributed by atoms with Gasteiger partial charge < -0.3 is 15.4 Å². The van der Waals surface area contributed by atoms with Gasteiger partial charge in [0, 0.05) is 18.0 Å². The van der Waals surface area contributed by atoms with Gasteiger partial charge in [-0.3, -0.25) is 0 Å². The normalized spacial score (nSPS) is 23.1. The molecule has 2 fully saturated rings. The summed E-state index contributed by atoms with van der Waals surface area (Å²) in [7, 11) is 0. The highest BCUT2D eigenvalue weighted by Crippen LogP contribution is 2.54. The standard InChI is InChI=1S/C24H30N2O2/c1-23(2,3)28-22(27)26-16-24(12-13-24)21(25)20(26)15-17-8-7-11-19(14-17)18-9-5-4-6-10-18/h4-11,14,20-21H,12-13,15-16,25H2,1-3H3. The van der Waals surface area contributed by atoms with Crippen molar-refractivity contribution in [3.8, 4) is 11.1 Å². The van der Waals surface area contributed by atoms with Crippen molar-refractivity contribution in [2.45, 2.75) is 57.7 Å². The van der Waals surface area contributed by atoms with E-state index in [1.54, 1.807) is 0 Å². The summed E-state index contributed by atoms with van der Waals surface area (Å²) in [5.41, 5.74) is 9.84. The number of carbonyl (C=O) groups is 1. The quantitative estimate of drug-likeness (QED) is 0.848. The number of nitrogens with zero attached hydrogens (tertiary/aromatic N) is 1. The smallest absolute Gasteiger partial charge is 0.410 e. The van der Waals surface area contributed by atoms with E-state index in [-0.39, 0.29) is 23.6 Å². The summed E-state index contributed by atoms with van der Waals surface area (Å²) in [5.74, 6) is 0. The molecule has 1 spiro atoms. The molecule has 4 heteroatoms. The first-order chi connectivity index (χ1) is 13.3. The Morgan fingerprint density at radius 1 is 1.11 bits per heavy atom. The van der Waals surface area contributed by atoms with Crippen LogP contribution in [0.2, 0.25) is 0 Å². The van der Waals surface area contributed by atoms with Gasteiger partial charge in [0.25, 0.3) is 0 Å². The molecule has 1 amide bonds. The molecule has 2 atom stereocenters. The summed E-state index contributed by atoms with van der Waals surface area (Å²) < 4.78 is 5.68. The van der Waals surface area contributed by atoms with Crippen LogP contribution in [0.1, 0.15) is 39.2 Å². The van der Waals surface area contributed by atoms with E-state index >= 15 is 0 Å². The molecular formula is C24H30N2O2. The Balaban J connectivity index is 1.57. The van der Waals surface area contributed by atoms with Crippen LogP contribution in [0, 0.1) is 5.41 Å². The number of likely N-dealkylation sites (tertiary alicyclic amines) is 1. The third-order valence-corrected chi connectivity index (χ3v) is 6.01. The van der Waals surface area contributed by atoms with E-state index in [0.717, 1.165) is 19.3 Å². The fourth-order valence-electron chi connectivity index (χ4n) is 4.32. The van der Waals surface area contributed by atoms with Crippen LogP contribution in [-0.4, -0.2) is 35.2 Å². The molecule has 1 heterocycles. The SMILES string of the molecule is CC(C)(C)OC(=O)N1CC2(CC2)C(N)C1Cc1cccc(-c2ccccc2)c1. The minimum absolute atomic E-state index is 0.000370. The van der Waals surface area contributed by atoms with Gasteiger partial charge in [0.2, 0.25) is 0 Å². The molecule has 1 aliphatic heterocycles. The third kappa shape index (κ3) is 3.79.